The van der Waals surface area contributed by atoms with Gasteiger partial charge in [-0.2, -0.15) is 8.42 Å². The third-order valence-electron chi connectivity index (χ3n) is 6.64. The van der Waals surface area contributed by atoms with Crippen LogP contribution in [0.1, 0.15) is 68.4 Å². The van der Waals surface area contributed by atoms with Crippen molar-refractivity contribution in [2.75, 3.05) is 19.3 Å². The SMILES string of the molecule is CC1=C(OS(C)(=O)=O)c2c(C)c(C)c(C)c(C)c2OC12CCN(C(=O)OC(C)(C)C)CC2. The van der Waals surface area contributed by atoms with Crippen molar-refractivity contribution in [2.45, 2.75) is 79.4 Å². The largest absolute Gasteiger partial charge is 0.482 e. The molecule has 32 heavy (non-hydrogen) atoms. The Hall–Kier alpha value is -2.22. The number of benzene rings is 1. The van der Waals surface area contributed by atoms with Gasteiger partial charge in [0.25, 0.3) is 0 Å². The minimum Gasteiger partial charge on any atom is -0.482 e. The minimum absolute atomic E-state index is 0.350. The highest BCUT2D eigenvalue weighted by Gasteiger charge is 2.47. The van der Waals surface area contributed by atoms with Gasteiger partial charge in [-0.3, -0.25) is 0 Å². The zero-order valence-electron chi connectivity index (χ0n) is 20.6. The van der Waals surface area contributed by atoms with Crippen molar-refractivity contribution < 1.29 is 26.9 Å². The molecule has 178 valence electrons. The van der Waals surface area contributed by atoms with Gasteiger partial charge in [0, 0.05) is 31.5 Å². The van der Waals surface area contributed by atoms with Crippen LogP contribution in [0.2, 0.25) is 0 Å². The Morgan fingerprint density at radius 3 is 2.00 bits per heavy atom. The molecule has 0 bridgehead atoms. The summed E-state index contributed by atoms with van der Waals surface area (Å²) in [5.41, 5.74) is 4.25. The number of ether oxygens (including phenoxy) is 2. The Balaban J connectivity index is 2.06. The van der Waals surface area contributed by atoms with E-state index >= 15 is 0 Å². The van der Waals surface area contributed by atoms with Gasteiger partial charge in [-0.25, -0.2) is 4.79 Å². The number of hydrogen-bond acceptors (Lipinski definition) is 6. The van der Waals surface area contributed by atoms with Crippen molar-refractivity contribution in [1.82, 2.24) is 4.90 Å². The van der Waals surface area contributed by atoms with Gasteiger partial charge in [-0.15, -0.1) is 0 Å². The number of amides is 1. The molecule has 1 spiro atoms. The van der Waals surface area contributed by atoms with Crippen LogP contribution in [0.3, 0.4) is 0 Å². The highest BCUT2D eigenvalue weighted by Crippen LogP contribution is 2.50. The van der Waals surface area contributed by atoms with Gasteiger partial charge in [-0.05, 0) is 77.6 Å². The summed E-state index contributed by atoms with van der Waals surface area (Å²) in [7, 11) is -3.75. The van der Waals surface area contributed by atoms with E-state index in [1.54, 1.807) is 4.90 Å². The van der Waals surface area contributed by atoms with Crippen molar-refractivity contribution >= 4 is 22.0 Å². The van der Waals surface area contributed by atoms with Crippen LogP contribution in [-0.2, 0) is 19.0 Å². The second kappa shape index (κ2) is 7.97. The first-order chi connectivity index (χ1) is 14.6. The number of likely N-dealkylation sites (tertiary alicyclic amines) is 1. The standard InChI is InChI=1S/C24H35NO6S/c1-14-15(2)17(4)20-19(16(14)3)21(31-32(9,27)28)18(5)24(29-20)10-12-25(13-11-24)22(26)30-23(6,7)8/h10-13H2,1-9H3. The number of fused-ring (bicyclic) bond motifs is 1. The lowest BCUT2D eigenvalue weighted by Crippen LogP contribution is -2.52. The zero-order chi connectivity index (χ0) is 24.2. The molecule has 0 atom stereocenters. The van der Waals surface area contributed by atoms with Crippen molar-refractivity contribution in [3.8, 4) is 5.75 Å². The molecule has 1 aromatic rings. The predicted octanol–water partition coefficient (Wildman–Crippen LogP) is 4.79. The number of nitrogens with zero attached hydrogens (tertiary/aromatic N) is 1. The molecular formula is C24H35NO6S. The molecule has 0 aliphatic carbocycles. The molecular weight excluding hydrogens is 430 g/mol. The summed E-state index contributed by atoms with van der Waals surface area (Å²) in [6.45, 7) is 16.3. The van der Waals surface area contributed by atoms with Gasteiger partial charge in [0.2, 0.25) is 0 Å². The Bertz CT molecular complexity index is 1090. The molecule has 3 rings (SSSR count). The second-order valence-corrected chi connectivity index (χ2v) is 11.6. The van der Waals surface area contributed by atoms with Crippen LogP contribution >= 0.6 is 0 Å². The van der Waals surface area contributed by atoms with Gasteiger partial charge in [0.05, 0.1) is 11.8 Å². The topological polar surface area (TPSA) is 82.1 Å². The number of piperidine rings is 1. The van der Waals surface area contributed by atoms with Crippen LogP contribution in [-0.4, -0.2) is 50.0 Å². The molecule has 2 aliphatic heterocycles. The van der Waals surface area contributed by atoms with E-state index in [4.69, 9.17) is 13.7 Å². The Morgan fingerprint density at radius 2 is 1.50 bits per heavy atom. The summed E-state index contributed by atoms with van der Waals surface area (Å²) in [6.07, 6.45) is 1.74. The molecule has 8 heteroatoms. The lowest BCUT2D eigenvalue weighted by atomic mass is 9.79. The van der Waals surface area contributed by atoms with Crippen LogP contribution < -0.4 is 4.74 Å². The zero-order valence-corrected chi connectivity index (χ0v) is 21.4. The molecule has 2 heterocycles. The maximum absolute atomic E-state index is 12.5. The third kappa shape index (κ3) is 4.47. The lowest BCUT2D eigenvalue weighted by molar-refractivity contribution is -0.00553. The van der Waals surface area contributed by atoms with Gasteiger partial charge in [0.15, 0.2) is 5.76 Å². The monoisotopic (exact) mass is 465 g/mol. The van der Waals surface area contributed by atoms with E-state index < -0.39 is 21.3 Å². The van der Waals surface area contributed by atoms with Gasteiger partial charge >= 0.3 is 16.2 Å². The van der Waals surface area contributed by atoms with Crippen LogP contribution in [0.25, 0.3) is 5.76 Å². The van der Waals surface area contributed by atoms with Crippen LogP contribution in [0.5, 0.6) is 5.75 Å². The second-order valence-electron chi connectivity index (χ2n) is 10.0. The molecule has 0 unspecified atom stereocenters. The van der Waals surface area contributed by atoms with Crippen LogP contribution in [0, 0.1) is 27.7 Å². The highest BCUT2D eigenvalue weighted by molar-refractivity contribution is 7.86. The fourth-order valence-corrected chi connectivity index (χ4v) is 4.97. The van der Waals surface area contributed by atoms with Gasteiger partial charge in [-0.1, -0.05) is 0 Å². The van der Waals surface area contributed by atoms with Crippen LogP contribution in [0.4, 0.5) is 4.79 Å². The van der Waals surface area contributed by atoms with Crippen molar-refractivity contribution in [2.24, 2.45) is 0 Å². The maximum Gasteiger partial charge on any atom is 0.410 e. The quantitative estimate of drug-likeness (QED) is 0.584. The molecule has 1 amide bonds. The lowest BCUT2D eigenvalue weighted by Gasteiger charge is -2.46. The minimum atomic E-state index is -3.75. The average molecular weight is 466 g/mol. The summed E-state index contributed by atoms with van der Waals surface area (Å²) in [4.78, 5) is 14.2. The van der Waals surface area contributed by atoms with Crippen molar-refractivity contribution in [3.63, 3.8) is 0 Å². The fraction of sp³-hybridized carbons (Fsp3) is 0.625. The maximum atomic E-state index is 12.5. The Morgan fingerprint density at radius 1 is 0.969 bits per heavy atom. The molecule has 7 nitrogen and oxygen atoms in total. The smallest absolute Gasteiger partial charge is 0.410 e. The number of hydrogen-bond donors (Lipinski definition) is 0. The summed E-state index contributed by atoms with van der Waals surface area (Å²) >= 11 is 0. The van der Waals surface area contributed by atoms with E-state index in [-0.39, 0.29) is 6.09 Å². The van der Waals surface area contributed by atoms with Gasteiger partial charge < -0.3 is 18.6 Å². The fourth-order valence-electron chi connectivity index (χ4n) is 4.45. The molecule has 1 aromatic carbocycles. The van der Waals surface area contributed by atoms with Gasteiger partial charge in [0.1, 0.15) is 17.0 Å². The summed E-state index contributed by atoms with van der Waals surface area (Å²) in [5.74, 6) is 1.02. The third-order valence-corrected chi connectivity index (χ3v) is 7.11. The molecule has 0 radical (unpaired) electrons. The normalized spacial score (nSPS) is 18.3. The Kier molecular flexibility index (Phi) is 6.09. The summed E-state index contributed by atoms with van der Waals surface area (Å²) < 4.78 is 42.1. The molecule has 0 N–H and O–H groups in total. The molecule has 2 aliphatic rings. The first-order valence-electron chi connectivity index (χ1n) is 10.9. The highest BCUT2D eigenvalue weighted by atomic mass is 32.2. The van der Waals surface area contributed by atoms with E-state index in [1.165, 1.54) is 0 Å². The molecule has 0 saturated carbocycles. The molecule has 1 fully saturated rings. The van der Waals surface area contributed by atoms with E-state index in [0.29, 0.717) is 43.0 Å². The number of carbonyl (C=O) groups excluding carboxylic acids is 1. The predicted molar refractivity (Wildman–Crippen MR) is 124 cm³/mol. The van der Waals surface area contributed by atoms with Crippen LogP contribution in [0.15, 0.2) is 5.57 Å². The van der Waals surface area contributed by atoms with E-state index in [0.717, 1.165) is 34.1 Å². The average Bonchev–Trinajstić information content (AvgIpc) is 2.66. The van der Waals surface area contributed by atoms with Crippen molar-refractivity contribution in [3.05, 3.63) is 33.4 Å². The van der Waals surface area contributed by atoms with E-state index in [2.05, 4.69) is 0 Å². The summed E-state index contributed by atoms with van der Waals surface area (Å²) in [6, 6.07) is 0. The number of rotatable bonds is 2. The van der Waals surface area contributed by atoms with E-state index in [9.17, 15) is 13.2 Å². The van der Waals surface area contributed by atoms with Crippen molar-refractivity contribution in [1.29, 1.82) is 0 Å². The first kappa shape index (κ1) is 24.4. The first-order valence-corrected chi connectivity index (χ1v) is 12.8. The summed E-state index contributed by atoms with van der Waals surface area (Å²) in [5, 5.41) is 0. The molecule has 0 aromatic heterocycles. The number of carbonyl (C=O) groups is 1. The van der Waals surface area contributed by atoms with E-state index in [1.807, 2.05) is 55.4 Å². The Labute approximate surface area is 191 Å². The molecule has 1 saturated heterocycles.